The summed E-state index contributed by atoms with van der Waals surface area (Å²) in [5, 5.41) is 2.71. The molecular weight excluding hydrogens is 430 g/mol. The van der Waals surface area contributed by atoms with Gasteiger partial charge in [0, 0.05) is 26.1 Å². The highest BCUT2D eigenvalue weighted by Crippen LogP contribution is 2.30. The van der Waals surface area contributed by atoms with Gasteiger partial charge in [-0.3, -0.25) is 14.4 Å². The summed E-state index contributed by atoms with van der Waals surface area (Å²) in [7, 11) is -3.98. The summed E-state index contributed by atoms with van der Waals surface area (Å²) in [6.07, 6.45) is 0.334. The normalized spacial score (nSPS) is 15.2. The van der Waals surface area contributed by atoms with E-state index in [0.717, 1.165) is 9.87 Å². The summed E-state index contributed by atoms with van der Waals surface area (Å²) in [6, 6.07) is 14.8. The summed E-state index contributed by atoms with van der Waals surface area (Å²) in [6.45, 7) is 3.88. The molecule has 170 valence electrons. The lowest BCUT2D eigenvalue weighted by molar-refractivity contribution is -0.139. The van der Waals surface area contributed by atoms with Crippen LogP contribution < -0.4 is 5.32 Å². The van der Waals surface area contributed by atoms with Crippen LogP contribution >= 0.6 is 0 Å². The zero-order chi connectivity index (χ0) is 23.3. The molecule has 3 amide bonds. The van der Waals surface area contributed by atoms with E-state index < -0.39 is 27.9 Å². The average molecular weight is 458 g/mol. The molecule has 1 N–H and O–H groups in total. The molecule has 0 radical (unpaired) electrons. The Morgan fingerprint density at radius 1 is 1.06 bits per heavy atom. The van der Waals surface area contributed by atoms with Gasteiger partial charge in [0.15, 0.2) is 0 Å². The molecule has 0 bridgehead atoms. The van der Waals surface area contributed by atoms with E-state index >= 15 is 0 Å². The van der Waals surface area contributed by atoms with Crippen molar-refractivity contribution in [1.29, 1.82) is 0 Å². The lowest BCUT2D eigenvalue weighted by atomic mass is 10.1. The Bertz CT molecular complexity index is 1100. The van der Waals surface area contributed by atoms with Gasteiger partial charge >= 0.3 is 0 Å². The fourth-order valence-corrected chi connectivity index (χ4v) is 5.25. The highest BCUT2D eigenvalue weighted by Gasteiger charge is 2.41. The van der Waals surface area contributed by atoms with Crippen LogP contribution in [-0.4, -0.2) is 61.0 Å². The first-order valence-corrected chi connectivity index (χ1v) is 12.0. The predicted molar refractivity (Wildman–Crippen MR) is 119 cm³/mol. The maximum absolute atomic E-state index is 13.1. The van der Waals surface area contributed by atoms with Crippen LogP contribution in [0, 0.1) is 0 Å². The third kappa shape index (κ3) is 4.83. The lowest BCUT2D eigenvalue weighted by Gasteiger charge is -2.29. The zero-order valence-corrected chi connectivity index (χ0v) is 19.0. The number of hydrogen-bond acceptors (Lipinski definition) is 5. The first-order chi connectivity index (χ1) is 15.3. The zero-order valence-electron chi connectivity index (χ0n) is 18.2. The minimum absolute atomic E-state index is 0.0472. The van der Waals surface area contributed by atoms with Crippen LogP contribution in [0.15, 0.2) is 59.5 Å². The molecule has 0 spiro atoms. The highest BCUT2D eigenvalue weighted by molar-refractivity contribution is 7.90. The van der Waals surface area contributed by atoms with Crippen molar-refractivity contribution in [2.24, 2.45) is 0 Å². The third-order valence-corrected chi connectivity index (χ3v) is 7.28. The number of hydrogen-bond donors (Lipinski definition) is 1. The molecule has 2 aromatic rings. The number of nitrogens with zero attached hydrogens (tertiary/aromatic N) is 2. The Hall–Kier alpha value is -3.20. The second-order valence-corrected chi connectivity index (χ2v) is 9.35. The van der Waals surface area contributed by atoms with Crippen molar-refractivity contribution in [3.05, 3.63) is 65.7 Å². The molecule has 1 aliphatic rings. The topological polar surface area (TPSA) is 104 Å². The first kappa shape index (κ1) is 23.5. The van der Waals surface area contributed by atoms with Gasteiger partial charge in [-0.25, -0.2) is 12.7 Å². The summed E-state index contributed by atoms with van der Waals surface area (Å²) >= 11 is 0. The van der Waals surface area contributed by atoms with E-state index in [4.69, 9.17) is 0 Å². The number of carbonyl (C=O) groups excluding carboxylic acids is 3. The van der Waals surface area contributed by atoms with E-state index in [1.807, 2.05) is 30.3 Å². The van der Waals surface area contributed by atoms with E-state index in [-0.39, 0.29) is 29.3 Å². The SMILES string of the molecule is CCNC(=O)[C@H](C)N(CCc1ccccc1)C(=O)CCN1C(=O)c2ccccc2S1(=O)=O. The minimum atomic E-state index is -3.98. The monoisotopic (exact) mass is 457 g/mol. The molecule has 1 atom stereocenters. The third-order valence-electron chi connectivity index (χ3n) is 5.44. The van der Waals surface area contributed by atoms with Crippen molar-refractivity contribution >= 4 is 27.7 Å². The van der Waals surface area contributed by atoms with Crippen molar-refractivity contribution in [3.63, 3.8) is 0 Å². The Morgan fingerprint density at radius 3 is 2.38 bits per heavy atom. The van der Waals surface area contributed by atoms with Crippen LogP contribution in [-0.2, 0) is 26.0 Å². The van der Waals surface area contributed by atoms with Crippen molar-refractivity contribution in [2.45, 2.75) is 37.6 Å². The van der Waals surface area contributed by atoms with Crippen molar-refractivity contribution in [3.8, 4) is 0 Å². The smallest absolute Gasteiger partial charge is 0.269 e. The standard InChI is InChI=1S/C23H27N3O5S/c1-3-24-22(28)17(2)25(15-13-18-9-5-4-6-10-18)21(27)14-16-26-23(29)19-11-7-8-12-20(19)32(26,30)31/h4-12,17H,3,13-16H2,1-2H3,(H,24,28)/t17-/m0/s1. The number of benzene rings is 2. The van der Waals surface area contributed by atoms with E-state index in [1.165, 1.54) is 17.0 Å². The molecule has 32 heavy (non-hydrogen) atoms. The van der Waals surface area contributed by atoms with E-state index in [2.05, 4.69) is 5.32 Å². The van der Waals surface area contributed by atoms with Gasteiger partial charge in [-0.2, -0.15) is 0 Å². The number of fused-ring (bicyclic) bond motifs is 1. The number of carbonyl (C=O) groups is 3. The molecule has 0 aliphatic carbocycles. The fraction of sp³-hybridized carbons (Fsp3) is 0.348. The molecule has 3 rings (SSSR count). The molecule has 0 saturated heterocycles. The predicted octanol–water partition coefficient (Wildman–Crippen LogP) is 1.82. The van der Waals surface area contributed by atoms with Crippen LogP contribution in [0.3, 0.4) is 0 Å². The molecule has 2 aromatic carbocycles. The minimum Gasteiger partial charge on any atom is -0.355 e. The van der Waals surface area contributed by atoms with Crippen LogP contribution in [0.2, 0.25) is 0 Å². The molecule has 1 aliphatic heterocycles. The van der Waals surface area contributed by atoms with Gasteiger partial charge in [0.25, 0.3) is 15.9 Å². The molecule has 0 fully saturated rings. The molecule has 8 nitrogen and oxygen atoms in total. The van der Waals surface area contributed by atoms with Crippen molar-refractivity contribution in [1.82, 2.24) is 14.5 Å². The number of sulfonamides is 1. The molecule has 0 unspecified atom stereocenters. The summed E-state index contributed by atoms with van der Waals surface area (Å²) in [5.41, 5.74) is 1.12. The number of rotatable bonds is 9. The number of amides is 3. The maximum Gasteiger partial charge on any atom is 0.269 e. The highest BCUT2D eigenvalue weighted by atomic mass is 32.2. The van der Waals surface area contributed by atoms with E-state index in [1.54, 1.807) is 26.0 Å². The Labute approximate surface area is 188 Å². The first-order valence-electron chi connectivity index (χ1n) is 10.5. The lowest BCUT2D eigenvalue weighted by Crippen LogP contribution is -2.49. The summed E-state index contributed by atoms with van der Waals surface area (Å²) < 4.78 is 26.2. The molecule has 9 heteroatoms. The van der Waals surface area contributed by atoms with Crippen LogP contribution in [0.4, 0.5) is 0 Å². The van der Waals surface area contributed by atoms with Crippen molar-refractivity contribution in [2.75, 3.05) is 19.6 Å². The molecule has 1 heterocycles. The van der Waals surface area contributed by atoms with Gasteiger partial charge < -0.3 is 10.2 Å². The second kappa shape index (κ2) is 9.95. The largest absolute Gasteiger partial charge is 0.355 e. The van der Waals surface area contributed by atoms with Gasteiger partial charge in [0.05, 0.1) is 5.56 Å². The van der Waals surface area contributed by atoms with E-state index in [0.29, 0.717) is 19.5 Å². The Kier molecular flexibility index (Phi) is 7.29. The summed E-state index contributed by atoms with van der Waals surface area (Å²) in [4.78, 5) is 39.5. The molecule has 0 saturated carbocycles. The maximum atomic E-state index is 13.1. The van der Waals surface area contributed by atoms with Crippen LogP contribution in [0.1, 0.15) is 36.2 Å². The van der Waals surface area contributed by atoms with Crippen molar-refractivity contribution < 1.29 is 22.8 Å². The number of likely N-dealkylation sites (N-methyl/N-ethyl adjacent to an activating group) is 1. The number of nitrogens with one attached hydrogen (secondary N) is 1. The second-order valence-electron chi connectivity index (χ2n) is 7.52. The van der Waals surface area contributed by atoms with Crippen LogP contribution in [0.25, 0.3) is 0 Å². The van der Waals surface area contributed by atoms with Gasteiger partial charge in [-0.15, -0.1) is 0 Å². The fourth-order valence-electron chi connectivity index (χ4n) is 3.69. The quantitative estimate of drug-likeness (QED) is 0.619. The Morgan fingerprint density at radius 2 is 1.72 bits per heavy atom. The molecular formula is C23H27N3O5S. The van der Waals surface area contributed by atoms with E-state index in [9.17, 15) is 22.8 Å². The van der Waals surface area contributed by atoms with Gasteiger partial charge in [-0.1, -0.05) is 42.5 Å². The van der Waals surface area contributed by atoms with Crippen LogP contribution in [0.5, 0.6) is 0 Å². The van der Waals surface area contributed by atoms with Gasteiger partial charge in [0.2, 0.25) is 11.8 Å². The molecule has 0 aromatic heterocycles. The average Bonchev–Trinajstić information content (AvgIpc) is 2.98. The van der Waals surface area contributed by atoms with Gasteiger partial charge in [0.1, 0.15) is 10.9 Å². The van der Waals surface area contributed by atoms with Gasteiger partial charge in [-0.05, 0) is 38.0 Å². The Balaban J connectivity index is 1.73. The summed E-state index contributed by atoms with van der Waals surface area (Å²) in [5.74, 6) is -1.31.